The standard InChI is InChI=1S/C23H32N4O3S/c1-4-14-31(28,29)27-12-10-26(11-13-27)23-21(16-18-6-5-7-20(15-18)30-3)17(2)24-22(25-23)19-8-9-19/h5-7,15,19H,4,8-14,16H2,1-3H3. The van der Waals surface area contributed by atoms with Crippen LogP contribution < -0.4 is 9.64 Å². The Bertz CT molecular complexity index is 1030. The highest BCUT2D eigenvalue weighted by Gasteiger charge is 2.31. The van der Waals surface area contributed by atoms with Crippen molar-refractivity contribution < 1.29 is 13.2 Å². The average molecular weight is 445 g/mol. The van der Waals surface area contributed by atoms with Crippen molar-refractivity contribution in [2.45, 2.75) is 45.4 Å². The van der Waals surface area contributed by atoms with Crippen LogP contribution in [0.15, 0.2) is 24.3 Å². The number of anilines is 1. The number of ether oxygens (including phenoxy) is 1. The highest BCUT2D eigenvalue weighted by molar-refractivity contribution is 7.89. The molecule has 1 aliphatic heterocycles. The van der Waals surface area contributed by atoms with Gasteiger partial charge in [0.15, 0.2) is 0 Å². The van der Waals surface area contributed by atoms with Crippen LogP contribution in [0.4, 0.5) is 5.82 Å². The summed E-state index contributed by atoms with van der Waals surface area (Å²) in [5, 5.41) is 0. The first-order valence-corrected chi connectivity index (χ1v) is 12.7. The van der Waals surface area contributed by atoms with Gasteiger partial charge in [-0.2, -0.15) is 4.31 Å². The van der Waals surface area contributed by atoms with E-state index >= 15 is 0 Å². The maximum atomic E-state index is 12.5. The van der Waals surface area contributed by atoms with Gasteiger partial charge in [-0.3, -0.25) is 0 Å². The van der Waals surface area contributed by atoms with Gasteiger partial charge in [-0.1, -0.05) is 19.1 Å². The van der Waals surface area contributed by atoms with Crippen LogP contribution in [-0.2, 0) is 16.4 Å². The van der Waals surface area contributed by atoms with Crippen LogP contribution in [0.25, 0.3) is 0 Å². The van der Waals surface area contributed by atoms with E-state index in [9.17, 15) is 8.42 Å². The zero-order chi connectivity index (χ0) is 22.0. The highest BCUT2D eigenvalue weighted by atomic mass is 32.2. The van der Waals surface area contributed by atoms with E-state index in [1.807, 2.05) is 25.1 Å². The van der Waals surface area contributed by atoms with E-state index in [1.165, 1.54) is 0 Å². The Labute approximate surface area is 185 Å². The second-order valence-corrected chi connectivity index (χ2v) is 10.6. The zero-order valence-corrected chi connectivity index (χ0v) is 19.5. The van der Waals surface area contributed by atoms with Gasteiger partial charge >= 0.3 is 0 Å². The number of aromatic nitrogens is 2. The van der Waals surface area contributed by atoms with Crippen molar-refractivity contribution in [1.82, 2.24) is 14.3 Å². The molecule has 7 nitrogen and oxygen atoms in total. The van der Waals surface area contributed by atoms with Crippen molar-refractivity contribution in [2.24, 2.45) is 0 Å². The number of methoxy groups -OCH3 is 1. The normalized spacial score (nSPS) is 17.7. The summed E-state index contributed by atoms with van der Waals surface area (Å²) in [6.45, 7) is 6.27. The molecule has 8 heteroatoms. The van der Waals surface area contributed by atoms with Gasteiger partial charge in [0.1, 0.15) is 17.4 Å². The molecular weight excluding hydrogens is 412 g/mol. The van der Waals surface area contributed by atoms with E-state index in [2.05, 4.69) is 17.9 Å². The molecule has 1 saturated heterocycles. The summed E-state index contributed by atoms with van der Waals surface area (Å²) >= 11 is 0. The van der Waals surface area contributed by atoms with Gasteiger partial charge in [0.25, 0.3) is 0 Å². The maximum Gasteiger partial charge on any atom is 0.214 e. The molecule has 168 valence electrons. The van der Waals surface area contributed by atoms with Gasteiger partial charge in [0.2, 0.25) is 10.0 Å². The van der Waals surface area contributed by atoms with E-state index in [1.54, 1.807) is 11.4 Å². The predicted octanol–water partition coefficient (Wildman–Crippen LogP) is 3.12. The lowest BCUT2D eigenvalue weighted by Gasteiger charge is -2.36. The van der Waals surface area contributed by atoms with Gasteiger partial charge in [-0.25, -0.2) is 18.4 Å². The summed E-state index contributed by atoms with van der Waals surface area (Å²) < 4.78 is 32.0. The molecular formula is C23H32N4O3S. The maximum absolute atomic E-state index is 12.5. The third-order valence-corrected chi connectivity index (χ3v) is 8.14. The monoisotopic (exact) mass is 444 g/mol. The molecule has 1 saturated carbocycles. The van der Waals surface area contributed by atoms with Crippen LogP contribution in [0.2, 0.25) is 0 Å². The third-order valence-electron chi connectivity index (χ3n) is 6.06. The minimum atomic E-state index is -3.17. The summed E-state index contributed by atoms with van der Waals surface area (Å²) in [6, 6.07) is 8.09. The molecule has 1 aromatic carbocycles. The van der Waals surface area contributed by atoms with Gasteiger partial charge in [-0.05, 0) is 43.9 Å². The Balaban J connectivity index is 1.61. The van der Waals surface area contributed by atoms with E-state index in [4.69, 9.17) is 14.7 Å². The van der Waals surface area contributed by atoms with Crippen molar-refractivity contribution in [2.75, 3.05) is 43.9 Å². The van der Waals surface area contributed by atoms with Gasteiger partial charge in [-0.15, -0.1) is 0 Å². The van der Waals surface area contributed by atoms with Gasteiger partial charge in [0, 0.05) is 49.8 Å². The number of benzene rings is 1. The minimum absolute atomic E-state index is 0.215. The van der Waals surface area contributed by atoms with Crippen LogP contribution in [0.3, 0.4) is 0 Å². The Hall–Kier alpha value is -2.19. The molecule has 2 heterocycles. The third kappa shape index (κ3) is 5.01. The van der Waals surface area contributed by atoms with Crippen LogP contribution in [0.5, 0.6) is 5.75 Å². The van der Waals surface area contributed by atoms with Crippen LogP contribution in [0, 0.1) is 6.92 Å². The Kier molecular flexibility index (Phi) is 6.48. The second kappa shape index (κ2) is 9.12. The van der Waals surface area contributed by atoms with Gasteiger partial charge < -0.3 is 9.64 Å². The summed E-state index contributed by atoms with van der Waals surface area (Å²) in [5.41, 5.74) is 3.27. The molecule has 1 aliphatic carbocycles. The lowest BCUT2D eigenvalue weighted by Crippen LogP contribution is -2.49. The highest BCUT2D eigenvalue weighted by Crippen LogP contribution is 2.39. The van der Waals surface area contributed by atoms with Crippen LogP contribution in [0.1, 0.15) is 54.7 Å². The fourth-order valence-corrected chi connectivity index (χ4v) is 5.64. The first kappa shape index (κ1) is 22.0. The molecule has 0 N–H and O–H groups in total. The largest absolute Gasteiger partial charge is 0.497 e. The molecule has 2 fully saturated rings. The smallest absolute Gasteiger partial charge is 0.214 e. The van der Waals surface area contributed by atoms with Crippen LogP contribution in [-0.4, -0.2) is 61.7 Å². The van der Waals surface area contributed by atoms with Crippen molar-refractivity contribution in [3.63, 3.8) is 0 Å². The number of rotatable bonds is 8. The number of hydrogen-bond donors (Lipinski definition) is 0. The van der Waals surface area contributed by atoms with Crippen LogP contribution >= 0.6 is 0 Å². The van der Waals surface area contributed by atoms with E-state index in [-0.39, 0.29) is 5.75 Å². The minimum Gasteiger partial charge on any atom is -0.497 e. The SMILES string of the molecule is CCCS(=O)(=O)N1CCN(c2nc(C3CC3)nc(C)c2Cc2cccc(OC)c2)CC1. The molecule has 0 bridgehead atoms. The summed E-state index contributed by atoms with van der Waals surface area (Å²) in [5.74, 6) is 3.41. The number of piperazine rings is 1. The molecule has 0 spiro atoms. The first-order chi connectivity index (χ1) is 14.9. The van der Waals surface area contributed by atoms with Crippen molar-refractivity contribution in [3.8, 4) is 5.75 Å². The lowest BCUT2D eigenvalue weighted by molar-refractivity contribution is 0.383. The summed E-state index contributed by atoms with van der Waals surface area (Å²) in [4.78, 5) is 12.1. The van der Waals surface area contributed by atoms with E-state index in [0.717, 1.165) is 53.5 Å². The molecule has 1 aromatic heterocycles. The Morgan fingerprint density at radius 1 is 1.13 bits per heavy atom. The fourth-order valence-electron chi connectivity index (χ4n) is 4.15. The first-order valence-electron chi connectivity index (χ1n) is 11.1. The molecule has 31 heavy (non-hydrogen) atoms. The van der Waals surface area contributed by atoms with Crippen molar-refractivity contribution >= 4 is 15.8 Å². The second-order valence-electron chi connectivity index (χ2n) is 8.47. The summed E-state index contributed by atoms with van der Waals surface area (Å²) in [7, 11) is -1.49. The molecule has 0 amide bonds. The topological polar surface area (TPSA) is 75.6 Å². The fraction of sp³-hybridized carbons (Fsp3) is 0.565. The molecule has 2 aromatic rings. The van der Waals surface area contributed by atoms with Crippen molar-refractivity contribution in [1.29, 1.82) is 0 Å². The van der Waals surface area contributed by atoms with Gasteiger partial charge in [0.05, 0.1) is 12.9 Å². The van der Waals surface area contributed by atoms with E-state index in [0.29, 0.717) is 38.5 Å². The summed E-state index contributed by atoms with van der Waals surface area (Å²) in [6.07, 6.45) is 3.66. The molecule has 2 aliphatic rings. The zero-order valence-electron chi connectivity index (χ0n) is 18.7. The lowest BCUT2D eigenvalue weighted by atomic mass is 10.0. The average Bonchev–Trinajstić information content (AvgIpc) is 3.61. The molecule has 0 atom stereocenters. The Morgan fingerprint density at radius 3 is 2.52 bits per heavy atom. The number of sulfonamides is 1. The molecule has 0 unspecified atom stereocenters. The number of nitrogens with zero attached hydrogens (tertiary/aromatic N) is 4. The number of hydrogen-bond acceptors (Lipinski definition) is 6. The molecule has 0 radical (unpaired) electrons. The van der Waals surface area contributed by atoms with Crippen molar-refractivity contribution in [3.05, 3.63) is 46.9 Å². The predicted molar refractivity (Wildman–Crippen MR) is 122 cm³/mol. The Morgan fingerprint density at radius 2 is 1.87 bits per heavy atom. The number of aryl methyl sites for hydroxylation is 1. The quantitative estimate of drug-likeness (QED) is 0.623. The van der Waals surface area contributed by atoms with E-state index < -0.39 is 10.0 Å². The molecule has 4 rings (SSSR count).